The summed E-state index contributed by atoms with van der Waals surface area (Å²) in [6, 6.07) is 0. The molecule has 0 radical (unpaired) electrons. The van der Waals surface area contributed by atoms with Crippen molar-refractivity contribution in [3.05, 3.63) is 42.0 Å². The Hall–Kier alpha value is 1.00. The van der Waals surface area contributed by atoms with Gasteiger partial charge in [-0.15, -0.1) is 49.6 Å². The van der Waals surface area contributed by atoms with Gasteiger partial charge in [-0.2, -0.15) is 0 Å². The SMILES string of the molecule is CC(C)(C)C1=[C]([Zr][C]2=C(C(C)(C)C)C=CC2)CC=C1.Cl.Cl.Cl.Cl. The van der Waals surface area contributed by atoms with Crippen molar-refractivity contribution < 1.29 is 23.2 Å². The number of hydrogen-bond acceptors (Lipinski definition) is 0. The van der Waals surface area contributed by atoms with E-state index in [1.54, 1.807) is 17.7 Å². The quantitative estimate of drug-likeness (QED) is 0.391. The zero-order chi connectivity index (χ0) is 14.3. The maximum absolute atomic E-state index is 2.38. The Kier molecular flexibility index (Phi) is 13.6. The van der Waals surface area contributed by atoms with Crippen molar-refractivity contribution in [1.82, 2.24) is 0 Å². The first-order valence-electron chi connectivity index (χ1n) is 7.27. The third-order valence-electron chi connectivity index (χ3n) is 3.78. The molecule has 0 aromatic heterocycles. The van der Waals surface area contributed by atoms with E-state index in [2.05, 4.69) is 65.8 Å². The van der Waals surface area contributed by atoms with Gasteiger partial charge in [-0.1, -0.05) is 0 Å². The summed E-state index contributed by atoms with van der Waals surface area (Å²) >= 11 is -0.575. The smallest absolute Gasteiger partial charge is 0.147 e. The van der Waals surface area contributed by atoms with Crippen LogP contribution in [0.15, 0.2) is 42.0 Å². The molecule has 0 atom stereocenters. The molecule has 5 heteroatoms. The molecule has 2 rings (SSSR count). The molecule has 0 bridgehead atoms. The van der Waals surface area contributed by atoms with E-state index in [9.17, 15) is 0 Å². The molecule has 0 amide bonds. The minimum absolute atomic E-state index is 0. The normalized spacial score (nSPS) is 16.4. The molecule has 0 saturated carbocycles. The Labute approximate surface area is 178 Å². The summed E-state index contributed by atoms with van der Waals surface area (Å²) in [5, 5.41) is 0. The Balaban J connectivity index is -0.000001000. The topological polar surface area (TPSA) is 0 Å². The number of rotatable bonds is 2. The molecule has 0 aromatic rings. The van der Waals surface area contributed by atoms with E-state index in [0.717, 1.165) is 0 Å². The van der Waals surface area contributed by atoms with Crippen LogP contribution in [0.3, 0.4) is 0 Å². The van der Waals surface area contributed by atoms with E-state index in [-0.39, 0.29) is 49.6 Å². The minimum atomic E-state index is -0.575. The zero-order valence-corrected chi connectivity index (χ0v) is 20.6. The van der Waals surface area contributed by atoms with Crippen molar-refractivity contribution in [1.29, 1.82) is 0 Å². The van der Waals surface area contributed by atoms with Crippen LogP contribution < -0.4 is 0 Å². The van der Waals surface area contributed by atoms with Crippen molar-refractivity contribution in [2.45, 2.75) is 54.4 Å². The summed E-state index contributed by atoms with van der Waals surface area (Å²) < 4.78 is 3.60. The summed E-state index contributed by atoms with van der Waals surface area (Å²) in [4.78, 5) is 0. The van der Waals surface area contributed by atoms with Crippen LogP contribution in [0.2, 0.25) is 0 Å². The van der Waals surface area contributed by atoms with E-state index >= 15 is 0 Å². The van der Waals surface area contributed by atoms with Gasteiger partial charge < -0.3 is 0 Å². The molecule has 0 unspecified atom stereocenters. The van der Waals surface area contributed by atoms with E-state index in [4.69, 9.17) is 0 Å². The van der Waals surface area contributed by atoms with Crippen LogP contribution in [0.4, 0.5) is 0 Å². The number of allylic oxidation sites excluding steroid dienone is 8. The fourth-order valence-electron chi connectivity index (χ4n) is 2.83. The molecule has 0 aromatic carbocycles. The van der Waals surface area contributed by atoms with Crippen molar-refractivity contribution in [2.75, 3.05) is 0 Å². The first-order chi connectivity index (χ1) is 8.69. The van der Waals surface area contributed by atoms with Crippen LogP contribution in [-0.4, -0.2) is 0 Å². The largest absolute Gasteiger partial charge is 0.147 e. The monoisotopic (exact) mass is 476 g/mol. The first kappa shape index (κ1) is 28.8. The average Bonchev–Trinajstić information content (AvgIpc) is 2.83. The van der Waals surface area contributed by atoms with Gasteiger partial charge in [0.05, 0.1) is 0 Å². The molecule has 0 saturated heterocycles. The van der Waals surface area contributed by atoms with Crippen molar-refractivity contribution in [3.63, 3.8) is 0 Å². The van der Waals surface area contributed by atoms with Gasteiger partial charge in [0.25, 0.3) is 0 Å². The zero-order valence-electron chi connectivity index (χ0n) is 14.9. The predicted octanol–water partition coefficient (Wildman–Crippen LogP) is 7.28. The molecule has 134 valence electrons. The molecule has 0 aliphatic heterocycles. The number of hydrogen-bond donors (Lipinski definition) is 0. The molecule has 0 nitrogen and oxygen atoms in total. The fourth-order valence-corrected chi connectivity index (χ4v) is 7.73. The summed E-state index contributed by atoms with van der Waals surface area (Å²) in [7, 11) is 0. The standard InChI is InChI=1S/2C9H13.4ClH.Zr/c2*1-9(2,3)8-6-4-5-7-8;;;;;/h2*4,6H,5H2,1-3H3;4*1H;. The third-order valence-corrected chi connectivity index (χ3v) is 7.59. The molecular weight excluding hydrogens is 449 g/mol. The molecule has 0 fully saturated rings. The van der Waals surface area contributed by atoms with Gasteiger partial charge in [0.2, 0.25) is 0 Å². The van der Waals surface area contributed by atoms with E-state index in [0.29, 0.717) is 10.8 Å². The van der Waals surface area contributed by atoms with Gasteiger partial charge in [0.1, 0.15) is 0 Å². The molecule has 23 heavy (non-hydrogen) atoms. The minimum Gasteiger partial charge on any atom is -0.147 e. The third kappa shape index (κ3) is 7.41. The van der Waals surface area contributed by atoms with Crippen molar-refractivity contribution >= 4 is 49.6 Å². The Morgan fingerprint density at radius 3 is 1.22 bits per heavy atom. The summed E-state index contributed by atoms with van der Waals surface area (Å²) in [6.07, 6.45) is 12.0. The molecular formula is C18H30Cl4Zr. The van der Waals surface area contributed by atoms with Crippen LogP contribution in [0.1, 0.15) is 54.4 Å². The summed E-state index contributed by atoms with van der Waals surface area (Å²) in [5.74, 6) is 0. The van der Waals surface area contributed by atoms with Crippen LogP contribution >= 0.6 is 49.6 Å². The maximum Gasteiger partial charge on any atom is -0.147 e. The van der Waals surface area contributed by atoms with Crippen LogP contribution in [-0.2, 0) is 23.2 Å². The van der Waals surface area contributed by atoms with E-state index in [1.807, 2.05) is 0 Å². The molecule has 0 heterocycles. The van der Waals surface area contributed by atoms with Crippen molar-refractivity contribution in [2.24, 2.45) is 10.8 Å². The van der Waals surface area contributed by atoms with Crippen LogP contribution in [0.25, 0.3) is 0 Å². The molecule has 0 spiro atoms. The van der Waals surface area contributed by atoms with E-state index < -0.39 is 23.2 Å². The van der Waals surface area contributed by atoms with Gasteiger partial charge in [-0.3, -0.25) is 0 Å². The average molecular weight is 479 g/mol. The Morgan fingerprint density at radius 1 is 0.652 bits per heavy atom. The summed E-state index contributed by atoms with van der Waals surface area (Å²) in [5.41, 5.74) is 3.90. The maximum atomic E-state index is 2.38. The Morgan fingerprint density at radius 2 is 0.957 bits per heavy atom. The fraction of sp³-hybridized carbons (Fsp3) is 0.556. The first-order valence-corrected chi connectivity index (χ1v) is 9.73. The van der Waals surface area contributed by atoms with E-state index in [1.165, 1.54) is 12.8 Å². The second kappa shape index (κ2) is 10.9. The van der Waals surface area contributed by atoms with Gasteiger partial charge >= 0.3 is 130 Å². The molecule has 2 aliphatic rings. The Bertz CT molecular complexity index is 454. The molecule has 0 N–H and O–H groups in total. The van der Waals surface area contributed by atoms with Crippen LogP contribution in [0.5, 0.6) is 0 Å². The predicted molar refractivity (Wildman–Crippen MR) is 109 cm³/mol. The van der Waals surface area contributed by atoms with Gasteiger partial charge in [-0.25, -0.2) is 0 Å². The van der Waals surface area contributed by atoms with Crippen LogP contribution in [0, 0.1) is 10.8 Å². The second-order valence-electron chi connectivity index (χ2n) is 7.62. The second-order valence-corrected chi connectivity index (χ2v) is 11.2. The van der Waals surface area contributed by atoms with Gasteiger partial charge in [-0.05, 0) is 0 Å². The van der Waals surface area contributed by atoms with Crippen molar-refractivity contribution in [3.8, 4) is 0 Å². The molecule has 2 aliphatic carbocycles. The van der Waals surface area contributed by atoms with Gasteiger partial charge in [0, 0.05) is 0 Å². The summed E-state index contributed by atoms with van der Waals surface area (Å²) in [6.45, 7) is 14.1. The van der Waals surface area contributed by atoms with Gasteiger partial charge in [0.15, 0.2) is 0 Å². The number of halogens is 4.